The standard InChI is InChI=1S/C15H25N3/c1-11-9-13(16)14(17-10-11)18(4)12-5-7-15(2,3)8-6-12/h9-10,12H,5-8,16H2,1-4H3. The molecule has 1 aliphatic rings. The first-order valence-electron chi connectivity index (χ1n) is 6.84. The van der Waals surface area contributed by atoms with Crippen molar-refractivity contribution in [3.05, 3.63) is 17.8 Å². The molecule has 0 spiro atoms. The lowest BCUT2D eigenvalue weighted by Gasteiger charge is -2.39. The van der Waals surface area contributed by atoms with E-state index in [1.54, 1.807) is 0 Å². The molecule has 0 amide bonds. The van der Waals surface area contributed by atoms with Gasteiger partial charge in [0.05, 0.1) is 5.69 Å². The monoisotopic (exact) mass is 247 g/mol. The van der Waals surface area contributed by atoms with Gasteiger partial charge in [-0.1, -0.05) is 13.8 Å². The van der Waals surface area contributed by atoms with Gasteiger partial charge in [0, 0.05) is 19.3 Å². The van der Waals surface area contributed by atoms with Gasteiger partial charge in [-0.15, -0.1) is 0 Å². The van der Waals surface area contributed by atoms with Crippen molar-refractivity contribution in [3.8, 4) is 0 Å². The normalized spacial score (nSPS) is 19.8. The number of anilines is 2. The van der Waals surface area contributed by atoms with Crippen LogP contribution >= 0.6 is 0 Å². The predicted octanol–water partition coefficient (Wildman–Crippen LogP) is 3.38. The molecule has 0 aliphatic heterocycles. The topological polar surface area (TPSA) is 42.2 Å². The second-order valence-electron chi connectivity index (χ2n) is 6.43. The summed E-state index contributed by atoms with van der Waals surface area (Å²) in [7, 11) is 2.12. The van der Waals surface area contributed by atoms with Crippen LogP contribution in [-0.4, -0.2) is 18.1 Å². The van der Waals surface area contributed by atoms with Crippen molar-refractivity contribution in [2.75, 3.05) is 17.7 Å². The maximum absolute atomic E-state index is 6.08. The fraction of sp³-hybridized carbons (Fsp3) is 0.667. The fourth-order valence-electron chi connectivity index (χ4n) is 2.82. The number of pyridine rings is 1. The molecule has 0 atom stereocenters. The molecule has 1 aromatic heterocycles. The zero-order valence-corrected chi connectivity index (χ0v) is 12.0. The maximum Gasteiger partial charge on any atom is 0.151 e. The minimum atomic E-state index is 0.504. The van der Waals surface area contributed by atoms with Gasteiger partial charge in [-0.05, 0) is 49.7 Å². The fourth-order valence-corrected chi connectivity index (χ4v) is 2.82. The predicted molar refractivity (Wildman–Crippen MR) is 77.8 cm³/mol. The summed E-state index contributed by atoms with van der Waals surface area (Å²) in [5.41, 5.74) is 8.50. The van der Waals surface area contributed by atoms with E-state index in [9.17, 15) is 0 Å². The van der Waals surface area contributed by atoms with Crippen LogP contribution in [-0.2, 0) is 0 Å². The van der Waals surface area contributed by atoms with Gasteiger partial charge in [-0.3, -0.25) is 0 Å². The summed E-state index contributed by atoms with van der Waals surface area (Å²) in [5, 5.41) is 0. The van der Waals surface area contributed by atoms with Crippen molar-refractivity contribution in [1.82, 2.24) is 4.98 Å². The van der Waals surface area contributed by atoms with Crippen LogP contribution in [0.4, 0.5) is 11.5 Å². The van der Waals surface area contributed by atoms with Crippen molar-refractivity contribution >= 4 is 11.5 Å². The van der Waals surface area contributed by atoms with E-state index in [1.807, 2.05) is 19.2 Å². The first-order chi connectivity index (χ1) is 8.39. The minimum absolute atomic E-state index is 0.504. The Bertz CT molecular complexity index is 416. The number of aryl methyl sites for hydroxylation is 1. The zero-order chi connectivity index (χ0) is 13.3. The van der Waals surface area contributed by atoms with Gasteiger partial charge in [0.2, 0.25) is 0 Å². The molecule has 3 nitrogen and oxygen atoms in total. The third kappa shape index (κ3) is 2.77. The van der Waals surface area contributed by atoms with E-state index >= 15 is 0 Å². The number of hydrogen-bond donors (Lipinski definition) is 1. The molecule has 1 saturated carbocycles. The Labute approximate surface area is 110 Å². The number of hydrogen-bond acceptors (Lipinski definition) is 3. The van der Waals surface area contributed by atoms with Crippen molar-refractivity contribution in [1.29, 1.82) is 0 Å². The Balaban J connectivity index is 2.10. The van der Waals surface area contributed by atoms with Gasteiger partial charge in [0.15, 0.2) is 5.82 Å². The van der Waals surface area contributed by atoms with Crippen LogP contribution in [0.1, 0.15) is 45.1 Å². The van der Waals surface area contributed by atoms with Crippen LogP contribution in [0.5, 0.6) is 0 Å². The summed E-state index contributed by atoms with van der Waals surface area (Å²) in [6.45, 7) is 6.75. The van der Waals surface area contributed by atoms with Crippen molar-refractivity contribution in [2.45, 2.75) is 52.5 Å². The molecule has 0 aromatic carbocycles. The van der Waals surface area contributed by atoms with Crippen LogP contribution in [0, 0.1) is 12.3 Å². The molecule has 3 heteroatoms. The first-order valence-corrected chi connectivity index (χ1v) is 6.84. The number of rotatable bonds is 2. The maximum atomic E-state index is 6.08. The SMILES string of the molecule is Cc1cnc(N(C)C2CCC(C)(C)CC2)c(N)c1. The average molecular weight is 247 g/mol. The van der Waals surface area contributed by atoms with Crippen LogP contribution in [0.15, 0.2) is 12.3 Å². The number of nitrogens with two attached hydrogens (primary N) is 1. The number of nitrogens with zero attached hydrogens (tertiary/aromatic N) is 2. The smallest absolute Gasteiger partial charge is 0.151 e. The molecular formula is C15H25N3. The molecular weight excluding hydrogens is 222 g/mol. The Hall–Kier alpha value is -1.25. The Morgan fingerprint density at radius 1 is 1.33 bits per heavy atom. The summed E-state index contributed by atoms with van der Waals surface area (Å²) in [6, 6.07) is 2.58. The second-order valence-corrected chi connectivity index (χ2v) is 6.43. The highest BCUT2D eigenvalue weighted by atomic mass is 15.2. The third-order valence-corrected chi connectivity index (χ3v) is 4.22. The third-order valence-electron chi connectivity index (χ3n) is 4.22. The van der Waals surface area contributed by atoms with E-state index < -0.39 is 0 Å². The van der Waals surface area contributed by atoms with Gasteiger partial charge in [0.25, 0.3) is 0 Å². The Morgan fingerprint density at radius 2 is 1.94 bits per heavy atom. The molecule has 0 radical (unpaired) electrons. The highest BCUT2D eigenvalue weighted by molar-refractivity contribution is 5.63. The minimum Gasteiger partial charge on any atom is -0.396 e. The lowest BCUT2D eigenvalue weighted by Crippen LogP contribution is -2.38. The highest BCUT2D eigenvalue weighted by Gasteiger charge is 2.29. The van der Waals surface area contributed by atoms with Gasteiger partial charge in [0.1, 0.15) is 0 Å². The van der Waals surface area contributed by atoms with Crippen LogP contribution in [0.3, 0.4) is 0 Å². The highest BCUT2D eigenvalue weighted by Crippen LogP contribution is 2.38. The largest absolute Gasteiger partial charge is 0.396 e. The van der Waals surface area contributed by atoms with E-state index in [2.05, 4.69) is 30.8 Å². The van der Waals surface area contributed by atoms with E-state index in [0.717, 1.165) is 17.1 Å². The molecule has 2 N–H and O–H groups in total. The van der Waals surface area contributed by atoms with E-state index in [-0.39, 0.29) is 0 Å². The number of nitrogen functional groups attached to an aromatic ring is 1. The van der Waals surface area contributed by atoms with Crippen LogP contribution < -0.4 is 10.6 Å². The molecule has 1 aliphatic carbocycles. The Kier molecular flexibility index (Phi) is 3.51. The summed E-state index contributed by atoms with van der Waals surface area (Å²) >= 11 is 0. The van der Waals surface area contributed by atoms with Crippen molar-refractivity contribution in [3.63, 3.8) is 0 Å². The molecule has 1 aromatic rings. The van der Waals surface area contributed by atoms with Crippen LogP contribution in [0.2, 0.25) is 0 Å². The summed E-state index contributed by atoms with van der Waals surface area (Å²) in [4.78, 5) is 6.76. The molecule has 2 rings (SSSR count). The molecule has 100 valence electrons. The van der Waals surface area contributed by atoms with Gasteiger partial charge in [-0.2, -0.15) is 0 Å². The summed E-state index contributed by atoms with van der Waals surface area (Å²) < 4.78 is 0. The molecule has 0 saturated heterocycles. The lowest BCUT2D eigenvalue weighted by atomic mass is 9.75. The Morgan fingerprint density at radius 3 is 2.50 bits per heavy atom. The van der Waals surface area contributed by atoms with Gasteiger partial charge in [-0.25, -0.2) is 4.98 Å². The molecule has 1 heterocycles. The van der Waals surface area contributed by atoms with Crippen molar-refractivity contribution in [2.24, 2.45) is 5.41 Å². The molecule has 18 heavy (non-hydrogen) atoms. The quantitative estimate of drug-likeness (QED) is 0.871. The van der Waals surface area contributed by atoms with E-state index in [1.165, 1.54) is 25.7 Å². The lowest BCUT2D eigenvalue weighted by molar-refractivity contribution is 0.222. The van der Waals surface area contributed by atoms with Gasteiger partial charge < -0.3 is 10.6 Å². The molecule has 0 unspecified atom stereocenters. The van der Waals surface area contributed by atoms with Crippen molar-refractivity contribution < 1.29 is 0 Å². The van der Waals surface area contributed by atoms with Gasteiger partial charge >= 0.3 is 0 Å². The molecule has 1 fully saturated rings. The molecule has 0 bridgehead atoms. The van der Waals surface area contributed by atoms with E-state index in [0.29, 0.717) is 11.5 Å². The first kappa shape index (κ1) is 13.2. The van der Waals surface area contributed by atoms with Crippen LogP contribution in [0.25, 0.3) is 0 Å². The number of aromatic nitrogens is 1. The van der Waals surface area contributed by atoms with E-state index in [4.69, 9.17) is 5.73 Å². The summed E-state index contributed by atoms with van der Waals surface area (Å²) in [5.74, 6) is 0.935. The average Bonchev–Trinajstić information content (AvgIpc) is 2.28. The zero-order valence-electron chi connectivity index (χ0n) is 12.0. The second kappa shape index (κ2) is 4.79. The summed E-state index contributed by atoms with van der Waals surface area (Å²) in [6.07, 6.45) is 6.94.